The molecule has 0 aliphatic carbocycles. The molecule has 6 nitrogen and oxygen atoms in total. The number of rotatable bonds is 8. The van der Waals surface area contributed by atoms with Crippen molar-refractivity contribution in [1.29, 1.82) is 0 Å². The molecule has 0 amide bonds. The van der Waals surface area contributed by atoms with E-state index in [9.17, 15) is 13.5 Å². The number of halogens is 1. The zero-order valence-electron chi connectivity index (χ0n) is 16.6. The van der Waals surface area contributed by atoms with Crippen LogP contribution in [0.2, 0.25) is 0 Å². The molecule has 1 unspecified atom stereocenters. The van der Waals surface area contributed by atoms with Crippen molar-refractivity contribution in [2.75, 3.05) is 25.9 Å². The van der Waals surface area contributed by atoms with Crippen molar-refractivity contribution in [1.82, 2.24) is 10.6 Å². The second kappa shape index (κ2) is 11.6. The standard InChI is InChI=1S/C21H25N3O3S2.HI/c1-22-21(23-12-7-13-29(26,27)17-9-3-2-4-10-17)24-15-18(25)20-14-16-8-5-6-11-19(16)28-20;/h2-6,8-11,14,18,25H,7,12-13,15H2,1H3,(H2,22,23,24);1H. The first-order valence-corrected chi connectivity index (χ1v) is 11.9. The third-order valence-electron chi connectivity index (χ3n) is 4.44. The molecular weight excluding hydrogens is 533 g/mol. The van der Waals surface area contributed by atoms with E-state index in [0.717, 1.165) is 15.0 Å². The molecule has 30 heavy (non-hydrogen) atoms. The van der Waals surface area contributed by atoms with E-state index in [1.165, 1.54) is 0 Å². The van der Waals surface area contributed by atoms with Crippen LogP contribution in [0.15, 0.2) is 70.6 Å². The lowest BCUT2D eigenvalue weighted by Crippen LogP contribution is -2.40. The van der Waals surface area contributed by atoms with Gasteiger partial charge in [0.25, 0.3) is 0 Å². The smallest absolute Gasteiger partial charge is 0.191 e. The monoisotopic (exact) mass is 559 g/mol. The highest BCUT2D eigenvalue weighted by Gasteiger charge is 2.14. The van der Waals surface area contributed by atoms with Crippen molar-refractivity contribution < 1.29 is 13.5 Å². The first-order chi connectivity index (χ1) is 14.0. The number of nitrogens with one attached hydrogen (secondary N) is 2. The number of aliphatic hydroxyl groups is 1. The molecule has 0 aliphatic heterocycles. The van der Waals surface area contributed by atoms with E-state index in [2.05, 4.69) is 15.6 Å². The van der Waals surface area contributed by atoms with Gasteiger partial charge in [-0.3, -0.25) is 4.99 Å². The first-order valence-electron chi connectivity index (χ1n) is 9.38. The van der Waals surface area contributed by atoms with E-state index in [0.29, 0.717) is 30.4 Å². The second-order valence-electron chi connectivity index (χ2n) is 6.57. The maximum absolute atomic E-state index is 12.3. The summed E-state index contributed by atoms with van der Waals surface area (Å²) in [5.41, 5.74) is 0. The maximum Gasteiger partial charge on any atom is 0.191 e. The van der Waals surface area contributed by atoms with Crippen molar-refractivity contribution in [3.63, 3.8) is 0 Å². The van der Waals surface area contributed by atoms with E-state index in [1.54, 1.807) is 48.7 Å². The lowest BCUT2D eigenvalue weighted by Gasteiger charge is -2.14. The van der Waals surface area contributed by atoms with Gasteiger partial charge in [-0.15, -0.1) is 35.3 Å². The summed E-state index contributed by atoms with van der Waals surface area (Å²) in [6.07, 6.45) is -0.194. The summed E-state index contributed by atoms with van der Waals surface area (Å²) in [4.78, 5) is 5.36. The molecule has 1 heterocycles. The van der Waals surface area contributed by atoms with Gasteiger partial charge in [0, 0.05) is 29.7 Å². The van der Waals surface area contributed by atoms with E-state index < -0.39 is 15.9 Å². The molecule has 0 bridgehead atoms. The third kappa shape index (κ3) is 6.66. The number of nitrogens with zero attached hydrogens (tertiary/aromatic N) is 1. The van der Waals surface area contributed by atoms with Gasteiger partial charge in [-0.25, -0.2) is 8.42 Å². The minimum atomic E-state index is -3.28. The summed E-state index contributed by atoms with van der Waals surface area (Å²) in [7, 11) is -1.64. The van der Waals surface area contributed by atoms with Crippen LogP contribution >= 0.6 is 35.3 Å². The van der Waals surface area contributed by atoms with Crippen LogP contribution in [-0.2, 0) is 9.84 Å². The average Bonchev–Trinajstić information content (AvgIpc) is 3.18. The average molecular weight is 559 g/mol. The number of guanidine groups is 1. The van der Waals surface area contributed by atoms with Crippen LogP contribution in [0, 0.1) is 0 Å². The Kier molecular flexibility index (Phi) is 9.53. The Morgan fingerprint density at radius 3 is 2.50 bits per heavy atom. The normalized spacial score (nSPS) is 12.9. The van der Waals surface area contributed by atoms with Crippen molar-refractivity contribution in [3.8, 4) is 0 Å². The molecule has 3 rings (SSSR count). The Balaban J connectivity index is 0.00000320. The topological polar surface area (TPSA) is 90.8 Å². The number of thiophene rings is 1. The SMILES string of the molecule is CN=C(NCCCS(=O)(=O)c1ccccc1)NCC(O)c1cc2ccccc2s1.I. The molecule has 0 fully saturated rings. The van der Waals surface area contributed by atoms with Gasteiger partial charge in [-0.05, 0) is 36.1 Å². The molecule has 0 radical (unpaired) electrons. The van der Waals surface area contributed by atoms with Gasteiger partial charge in [0.15, 0.2) is 15.8 Å². The highest BCUT2D eigenvalue weighted by atomic mass is 127. The van der Waals surface area contributed by atoms with Gasteiger partial charge < -0.3 is 15.7 Å². The summed E-state index contributed by atoms with van der Waals surface area (Å²) in [6, 6.07) is 18.5. The van der Waals surface area contributed by atoms with Gasteiger partial charge in [0.05, 0.1) is 10.6 Å². The number of aliphatic hydroxyl groups excluding tert-OH is 1. The van der Waals surface area contributed by atoms with Gasteiger partial charge in [-0.1, -0.05) is 36.4 Å². The second-order valence-corrected chi connectivity index (χ2v) is 9.79. The largest absolute Gasteiger partial charge is 0.386 e. The minimum absolute atomic E-state index is 0. The van der Waals surface area contributed by atoms with Crippen LogP contribution < -0.4 is 10.6 Å². The Bertz CT molecular complexity index is 1040. The van der Waals surface area contributed by atoms with Gasteiger partial charge in [-0.2, -0.15) is 0 Å². The summed E-state index contributed by atoms with van der Waals surface area (Å²) < 4.78 is 25.7. The highest BCUT2D eigenvalue weighted by Crippen LogP contribution is 2.29. The lowest BCUT2D eigenvalue weighted by atomic mass is 10.2. The highest BCUT2D eigenvalue weighted by molar-refractivity contribution is 14.0. The fourth-order valence-corrected chi connectivity index (χ4v) is 5.28. The summed E-state index contributed by atoms with van der Waals surface area (Å²) >= 11 is 1.57. The van der Waals surface area contributed by atoms with Gasteiger partial charge in [0.2, 0.25) is 0 Å². The quantitative estimate of drug-likeness (QED) is 0.170. The van der Waals surface area contributed by atoms with Crippen molar-refractivity contribution in [2.24, 2.45) is 4.99 Å². The van der Waals surface area contributed by atoms with E-state index >= 15 is 0 Å². The van der Waals surface area contributed by atoms with E-state index in [1.807, 2.05) is 30.3 Å². The van der Waals surface area contributed by atoms with Crippen LogP contribution in [0.5, 0.6) is 0 Å². The number of sulfone groups is 1. The molecule has 0 saturated carbocycles. The Hall–Kier alpha value is -1.69. The lowest BCUT2D eigenvalue weighted by molar-refractivity contribution is 0.184. The van der Waals surface area contributed by atoms with Crippen LogP contribution in [-0.4, -0.2) is 45.4 Å². The molecule has 0 saturated heterocycles. The van der Waals surface area contributed by atoms with E-state index in [-0.39, 0.29) is 29.7 Å². The maximum atomic E-state index is 12.3. The van der Waals surface area contributed by atoms with Crippen LogP contribution in [0.4, 0.5) is 0 Å². The zero-order valence-corrected chi connectivity index (χ0v) is 20.6. The Morgan fingerprint density at radius 1 is 1.10 bits per heavy atom. The van der Waals surface area contributed by atoms with Crippen molar-refractivity contribution in [2.45, 2.75) is 17.4 Å². The number of benzene rings is 2. The molecule has 162 valence electrons. The number of hydrogen-bond acceptors (Lipinski definition) is 5. The Labute approximate surface area is 198 Å². The number of aliphatic imine (C=N–C) groups is 1. The fraction of sp³-hybridized carbons (Fsp3) is 0.286. The third-order valence-corrected chi connectivity index (χ3v) is 7.48. The van der Waals surface area contributed by atoms with Crippen molar-refractivity contribution >= 4 is 61.2 Å². The molecule has 1 aromatic heterocycles. The number of fused-ring (bicyclic) bond motifs is 1. The summed E-state index contributed by atoms with van der Waals surface area (Å²) in [6.45, 7) is 0.777. The van der Waals surface area contributed by atoms with Crippen LogP contribution in [0.25, 0.3) is 10.1 Å². The van der Waals surface area contributed by atoms with Gasteiger partial charge in [0.1, 0.15) is 6.10 Å². The van der Waals surface area contributed by atoms with Crippen LogP contribution in [0.3, 0.4) is 0 Å². The van der Waals surface area contributed by atoms with E-state index in [4.69, 9.17) is 0 Å². The first kappa shape index (κ1) is 24.6. The van der Waals surface area contributed by atoms with Crippen LogP contribution in [0.1, 0.15) is 17.4 Å². The molecule has 0 aliphatic rings. The predicted octanol–water partition coefficient (Wildman–Crippen LogP) is 3.58. The molecule has 2 aromatic carbocycles. The molecule has 3 aromatic rings. The zero-order chi connectivity index (χ0) is 20.7. The molecular formula is C21H26IN3O3S2. The molecule has 3 N–H and O–H groups in total. The summed E-state index contributed by atoms with van der Waals surface area (Å²) in [5, 5.41) is 17.8. The minimum Gasteiger partial charge on any atom is -0.386 e. The molecule has 0 spiro atoms. The molecule has 1 atom stereocenters. The van der Waals surface area contributed by atoms with Gasteiger partial charge >= 0.3 is 0 Å². The Morgan fingerprint density at radius 2 is 1.80 bits per heavy atom. The fourth-order valence-electron chi connectivity index (χ4n) is 2.90. The van der Waals surface area contributed by atoms with Crippen molar-refractivity contribution in [3.05, 3.63) is 65.5 Å². The molecule has 9 heteroatoms. The number of hydrogen-bond donors (Lipinski definition) is 3. The summed E-state index contributed by atoms with van der Waals surface area (Å²) in [5.74, 6) is 0.591. The predicted molar refractivity (Wildman–Crippen MR) is 135 cm³/mol.